The zero-order chi connectivity index (χ0) is 23.6. The maximum atomic E-state index is 13.2. The lowest BCUT2D eigenvalue weighted by molar-refractivity contribution is -0.205. The lowest BCUT2D eigenvalue weighted by Gasteiger charge is -2.62. The van der Waals surface area contributed by atoms with E-state index >= 15 is 0 Å². The van der Waals surface area contributed by atoms with E-state index in [4.69, 9.17) is 4.74 Å². The highest BCUT2D eigenvalue weighted by molar-refractivity contribution is 5.93. The largest absolute Gasteiger partial charge is 0.450 e. The summed E-state index contributed by atoms with van der Waals surface area (Å²) in [6.45, 7) is 9.14. The van der Waals surface area contributed by atoms with Gasteiger partial charge >= 0.3 is 5.97 Å². The summed E-state index contributed by atoms with van der Waals surface area (Å²) >= 11 is 0. The van der Waals surface area contributed by atoms with E-state index in [-0.39, 0.29) is 40.8 Å². The summed E-state index contributed by atoms with van der Waals surface area (Å²) in [5, 5.41) is 21.4. The number of rotatable bonds is 4. The van der Waals surface area contributed by atoms with E-state index in [0.29, 0.717) is 19.3 Å². The molecule has 32 heavy (non-hydrogen) atoms. The molecular formula is C26H38O6. The van der Waals surface area contributed by atoms with E-state index in [9.17, 15) is 24.6 Å². The number of carbonyl (C=O) groups excluding carboxylic acids is 3. The maximum Gasteiger partial charge on any atom is 0.309 e. The summed E-state index contributed by atoms with van der Waals surface area (Å²) in [5.74, 6) is -0.606. The number of aliphatic hydroxyl groups excluding tert-OH is 2. The van der Waals surface area contributed by atoms with Gasteiger partial charge in [0.1, 0.15) is 6.61 Å². The first-order valence-corrected chi connectivity index (χ1v) is 12.2. The molecule has 0 aliphatic heterocycles. The molecule has 3 saturated carbocycles. The number of allylic oxidation sites excluding steroid dienone is 1. The van der Waals surface area contributed by atoms with Crippen LogP contribution in [0, 0.1) is 40.4 Å². The van der Waals surface area contributed by atoms with Gasteiger partial charge in [-0.05, 0) is 67.3 Å². The van der Waals surface area contributed by atoms with Gasteiger partial charge in [0.2, 0.25) is 5.78 Å². The number of esters is 1. The Kier molecular flexibility index (Phi) is 5.73. The molecule has 4 rings (SSSR count). The molecule has 2 N–H and O–H groups in total. The van der Waals surface area contributed by atoms with Crippen LogP contribution in [-0.2, 0) is 19.1 Å². The number of Topliss-reactive ketones (excluding diaryl/α,β-unsaturated/α-hetero) is 1. The van der Waals surface area contributed by atoms with Crippen LogP contribution >= 0.6 is 0 Å². The number of ketones is 2. The van der Waals surface area contributed by atoms with E-state index in [1.807, 2.05) is 13.0 Å². The highest BCUT2D eigenvalue weighted by Crippen LogP contribution is 2.69. The molecule has 0 heterocycles. The Bertz CT molecular complexity index is 860. The highest BCUT2D eigenvalue weighted by Gasteiger charge is 2.70. The van der Waals surface area contributed by atoms with Crippen molar-refractivity contribution in [2.75, 3.05) is 6.61 Å². The fourth-order valence-electron chi connectivity index (χ4n) is 8.21. The van der Waals surface area contributed by atoms with Crippen molar-refractivity contribution in [1.82, 2.24) is 0 Å². The molecule has 4 aliphatic carbocycles. The molecule has 8 atom stereocenters. The summed E-state index contributed by atoms with van der Waals surface area (Å²) < 4.78 is 5.97. The van der Waals surface area contributed by atoms with Crippen LogP contribution in [0.4, 0.5) is 0 Å². The summed E-state index contributed by atoms with van der Waals surface area (Å²) in [7, 11) is 0. The van der Waals surface area contributed by atoms with Gasteiger partial charge < -0.3 is 14.9 Å². The van der Waals surface area contributed by atoms with E-state index in [1.165, 1.54) is 5.57 Å². The third-order valence-electron chi connectivity index (χ3n) is 9.67. The number of hydrogen-bond acceptors (Lipinski definition) is 6. The van der Waals surface area contributed by atoms with Crippen LogP contribution in [0.1, 0.15) is 73.1 Å². The summed E-state index contributed by atoms with van der Waals surface area (Å²) in [6.07, 6.45) is 4.70. The van der Waals surface area contributed by atoms with Crippen LogP contribution in [0.5, 0.6) is 0 Å². The summed E-state index contributed by atoms with van der Waals surface area (Å²) in [6, 6.07) is 0. The number of carbonyl (C=O) groups is 3. The molecule has 0 amide bonds. The predicted octanol–water partition coefficient (Wildman–Crippen LogP) is 3.23. The lowest BCUT2D eigenvalue weighted by Crippen LogP contribution is -2.64. The topological polar surface area (TPSA) is 101 Å². The smallest absolute Gasteiger partial charge is 0.309 e. The lowest BCUT2D eigenvalue weighted by atomic mass is 9.44. The van der Waals surface area contributed by atoms with Gasteiger partial charge in [-0.15, -0.1) is 0 Å². The van der Waals surface area contributed by atoms with Crippen molar-refractivity contribution < 1.29 is 29.3 Å². The Morgan fingerprint density at radius 2 is 1.94 bits per heavy atom. The second-order valence-electron chi connectivity index (χ2n) is 11.6. The van der Waals surface area contributed by atoms with Crippen molar-refractivity contribution in [1.29, 1.82) is 0 Å². The van der Waals surface area contributed by atoms with Gasteiger partial charge in [-0.2, -0.15) is 0 Å². The average molecular weight is 447 g/mol. The van der Waals surface area contributed by atoms with Crippen LogP contribution in [-0.4, -0.2) is 46.1 Å². The van der Waals surface area contributed by atoms with Crippen molar-refractivity contribution in [2.24, 2.45) is 40.4 Å². The minimum Gasteiger partial charge on any atom is -0.450 e. The van der Waals surface area contributed by atoms with Crippen molar-refractivity contribution in [2.45, 2.75) is 84.8 Å². The summed E-state index contributed by atoms with van der Waals surface area (Å²) in [5.41, 5.74) is -1.21. The van der Waals surface area contributed by atoms with Gasteiger partial charge in [0.05, 0.1) is 12.0 Å². The number of aliphatic hydroxyl groups is 2. The van der Waals surface area contributed by atoms with Crippen molar-refractivity contribution in [3.8, 4) is 0 Å². The van der Waals surface area contributed by atoms with Gasteiger partial charge in [0.15, 0.2) is 11.4 Å². The monoisotopic (exact) mass is 446 g/mol. The number of ether oxygens (including phenoxy) is 1. The fraction of sp³-hybridized carbons (Fsp3) is 0.808. The molecular weight excluding hydrogens is 408 g/mol. The normalized spacial score (nSPS) is 45.6. The third kappa shape index (κ3) is 3.08. The predicted molar refractivity (Wildman–Crippen MR) is 118 cm³/mol. The molecule has 6 nitrogen and oxygen atoms in total. The second-order valence-corrected chi connectivity index (χ2v) is 11.6. The quantitative estimate of drug-likeness (QED) is 0.643. The Labute approximate surface area is 190 Å². The average Bonchev–Trinajstić information content (AvgIpc) is 3.01. The Balaban J connectivity index is 1.77. The van der Waals surface area contributed by atoms with Crippen LogP contribution < -0.4 is 0 Å². The molecule has 0 aromatic rings. The van der Waals surface area contributed by atoms with Gasteiger partial charge in [-0.3, -0.25) is 14.4 Å². The molecule has 0 spiro atoms. The molecule has 6 heteroatoms. The Hall–Kier alpha value is -1.53. The standard InChI is InChI=1S/C26H38O6/c1-14(2)23(31)32-26(21(30)13-27)9-7-18-17-10-15(3)19-11-16(28)6-8-24(19,4)22(17)20(29)12-25(18,26)5/h11,14-15,17-18,20,22,27,29H,6-10,12-13H2,1-5H3/t15?,17-,18-,20?,22+,24-,25-,26-/m0/s1. The molecule has 0 aromatic heterocycles. The SMILES string of the molecule is CC(C)C(=O)O[C@]1(C(=O)CO)CC[C@H]2[C@@H]3CC(C)C4=CC(=O)CC[C@]4(C)[C@H]3C(O)C[C@@]21C. The Morgan fingerprint density at radius 3 is 2.56 bits per heavy atom. The van der Waals surface area contributed by atoms with Crippen LogP contribution in [0.2, 0.25) is 0 Å². The van der Waals surface area contributed by atoms with Gasteiger partial charge in [-0.25, -0.2) is 0 Å². The van der Waals surface area contributed by atoms with Crippen LogP contribution in [0.3, 0.4) is 0 Å². The van der Waals surface area contributed by atoms with Gasteiger partial charge in [0.25, 0.3) is 0 Å². The molecule has 0 saturated heterocycles. The van der Waals surface area contributed by atoms with E-state index in [1.54, 1.807) is 13.8 Å². The molecule has 0 aromatic carbocycles. The first-order valence-electron chi connectivity index (χ1n) is 12.2. The van der Waals surface area contributed by atoms with Crippen molar-refractivity contribution in [3.63, 3.8) is 0 Å². The minimum absolute atomic E-state index is 0.0111. The minimum atomic E-state index is -1.40. The molecule has 178 valence electrons. The van der Waals surface area contributed by atoms with E-state index in [0.717, 1.165) is 19.3 Å². The zero-order valence-electron chi connectivity index (χ0n) is 20.0. The van der Waals surface area contributed by atoms with Crippen LogP contribution in [0.25, 0.3) is 0 Å². The second kappa shape index (κ2) is 7.76. The molecule has 4 aliphatic rings. The van der Waals surface area contributed by atoms with Gasteiger partial charge in [0, 0.05) is 11.8 Å². The number of fused-ring (bicyclic) bond motifs is 5. The highest BCUT2D eigenvalue weighted by atomic mass is 16.6. The fourth-order valence-corrected chi connectivity index (χ4v) is 8.21. The first-order chi connectivity index (χ1) is 14.9. The number of hydrogen-bond donors (Lipinski definition) is 2. The maximum absolute atomic E-state index is 13.2. The molecule has 0 bridgehead atoms. The van der Waals surface area contributed by atoms with E-state index in [2.05, 4.69) is 13.8 Å². The molecule has 0 radical (unpaired) electrons. The van der Waals surface area contributed by atoms with Crippen molar-refractivity contribution >= 4 is 17.5 Å². The van der Waals surface area contributed by atoms with Crippen molar-refractivity contribution in [3.05, 3.63) is 11.6 Å². The summed E-state index contributed by atoms with van der Waals surface area (Å²) in [4.78, 5) is 38.0. The molecule has 2 unspecified atom stereocenters. The first kappa shape index (κ1) is 23.6. The van der Waals surface area contributed by atoms with E-state index < -0.39 is 35.5 Å². The Morgan fingerprint density at radius 1 is 1.25 bits per heavy atom. The molecule has 3 fully saturated rings. The van der Waals surface area contributed by atoms with Gasteiger partial charge in [-0.1, -0.05) is 40.2 Å². The van der Waals surface area contributed by atoms with Crippen LogP contribution in [0.15, 0.2) is 11.6 Å². The third-order valence-corrected chi connectivity index (χ3v) is 9.67. The zero-order valence-corrected chi connectivity index (χ0v) is 20.0.